The SMILES string of the molecule is CCCCCCC(NC)c1sccc1CC. The lowest BCUT2D eigenvalue weighted by atomic mass is 10.0. The van der Waals surface area contributed by atoms with Crippen LogP contribution in [0.1, 0.15) is 62.4 Å². The van der Waals surface area contributed by atoms with E-state index in [1.807, 2.05) is 11.3 Å². The third kappa shape index (κ3) is 3.91. The van der Waals surface area contributed by atoms with E-state index in [4.69, 9.17) is 0 Å². The summed E-state index contributed by atoms with van der Waals surface area (Å²) in [5.74, 6) is 0. The van der Waals surface area contributed by atoms with Crippen LogP contribution in [-0.2, 0) is 6.42 Å². The summed E-state index contributed by atoms with van der Waals surface area (Å²) < 4.78 is 0. The van der Waals surface area contributed by atoms with Crippen molar-refractivity contribution in [2.24, 2.45) is 0 Å². The Morgan fingerprint density at radius 3 is 2.69 bits per heavy atom. The molecule has 1 nitrogen and oxygen atoms in total. The Morgan fingerprint density at radius 1 is 1.25 bits per heavy atom. The highest BCUT2D eigenvalue weighted by Gasteiger charge is 2.13. The Hall–Kier alpha value is -0.340. The van der Waals surface area contributed by atoms with Crippen LogP contribution in [0.2, 0.25) is 0 Å². The van der Waals surface area contributed by atoms with E-state index in [0.717, 1.165) is 6.42 Å². The zero-order valence-electron chi connectivity index (χ0n) is 10.9. The average Bonchev–Trinajstić information content (AvgIpc) is 2.77. The van der Waals surface area contributed by atoms with Crippen LogP contribution in [0.4, 0.5) is 0 Å². The lowest BCUT2D eigenvalue weighted by molar-refractivity contribution is 0.509. The molecule has 16 heavy (non-hydrogen) atoms. The monoisotopic (exact) mass is 239 g/mol. The van der Waals surface area contributed by atoms with Crippen molar-refractivity contribution in [2.45, 2.75) is 58.4 Å². The number of unbranched alkanes of at least 4 members (excludes halogenated alkanes) is 3. The Kier molecular flexibility index (Phi) is 6.74. The highest BCUT2D eigenvalue weighted by Crippen LogP contribution is 2.28. The standard InChI is InChI=1S/C14H25NS/c1-4-6-7-8-9-13(15-3)14-12(5-2)10-11-16-14/h10-11,13,15H,4-9H2,1-3H3. The first-order chi connectivity index (χ1) is 7.83. The van der Waals surface area contributed by atoms with Crippen molar-refractivity contribution in [1.29, 1.82) is 0 Å². The molecule has 0 bridgehead atoms. The first-order valence-electron chi connectivity index (χ1n) is 6.57. The molecular formula is C14H25NS. The number of thiophene rings is 1. The van der Waals surface area contributed by atoms with E-state index >= 15 is 0 Å². The molecule has 1 heterocycles. The number of hydrogen-bond acceptors (Lipinski definition) is 2. The van der Waals surface area contributed by atoms with Gasteiger partial charge in [-0.3, -0.25) is 0 Å². The van der Waals surface area contributed by atoms with Gasteiger partial charge in [-0.25, -0.2) is 0 Å². The maximum atomic E-state index is 3.47. The van der Waals surface area contributed by atoms with E-state index in [-0.39, 0.29) is 0 Å². The maximum absolute atomic E-state index is 3.47. The van der Waals surface area contributed by atoms with Crippen molar-refractivity contribution in [2.75, 3.05) is 7.05 Å². The Balaban J connectivity index is 2.47. The van der Waals surface area contributed by atoms with Gasteiger partial charge in [0.2, 0.25) is 0 Å². The van der Waals surface area contributed by atoms with E-state index in [1.54, 1.807) is 4.88 Å². The summed E-state index contributed by atoms with van der Waals surface area (Å²) in [4.78, 5) is 1.56. The molecule has 0 saturated heterocycles. The highest BCUT2D eigenvalue weighted by atomic mass is 32.1. The van der Waals surface area contributed by atoms with Gasteiger partial charge in [-0.05, 0) is 36.9 Å². The number of nitrogens with one attached hydrogen (secondary N) is 1. The highest BCUT2D eigenvalue weighted by molar-refractivity contribution is 7.10. The first-order valence-corrected chi connectivity index (χ1v) is 7.44. The van der Waals surface area contributed by atoms with Crippen LogP contribution in [0.5, 0.6) is 0 Å². The molecule has 92 valence electrons. The average molecular weight is 239 g/mol. The van der Waals surface area contributed by atoms with Gasteiger partial charge in [0, 0.05) is 10.9 Å². The van der Waals surface area contributed by atoms with Crippen LogP contribution in [0.3, 0.4) is 0 Å². The maximum Gasteiger partial charge on any atom is 0.0415 e. The molecule has 1 unspecified atom stereocenters. The third-order valence-corrected chi connectivity index (χ3v) is 4.25. The molecule has 0 spiro atoms. The van der Waals surface area contributed by atoms with Crippen molar-refractivity contribution in [1.82, 2.24) is 5.32 Å². The quantitative estimate of drug-likeness (QED) is 0.657. The minimum atomic E-state index is 0.576. The van der Waals surface area contributed by atoms with Gasteiger partial charge in [0.1, 0.15) is 0 Å². The molecule has 0 saturated carbocycles. The molecule has 0 fully saturated rings. The largest absolute Gasteiger partial charge is 0.312 e. The van der Waals surface area contributed by atoms with E-state index < -0.39 is 0 Å². The number of hydrogen-bond donors (Lipinski definition) is 1. The van der Waals surface area contributed by atoms with Crippen LogP contribution < -0.4 is 5.32 Å². The summed E-state index contributed by atoms with van der Waals surface area (Å²) in [6.07, 6.45) is 7.86. The molecule has 0 radical (unpaired) electrons. The van der Waals surface area contributed by atoms with Crippen molar-refractivity contribution in [3.63, 3.8) is 0 Å². The fraction of sp³-hybridized carbons (Fsp3) is 0.714. The van der Waals surface area contributed by atoms with E-state index in [0.29, 0.717) is 6.04 Å². The summed E-state index contributed by atoms with van der Waals surface area (Å²) in [6.45, 7) is 4.51. The minimum Gasteiger partial charge on any atom is -0.312 e. The third-order valence-electron chi connectivity index (χ3n) is 3.17. The van der Waals surface area contributed by atoms with E-state index in [9.17, 15) is 0 Å². The summed E-state index contributed by atoms with van der Waals surface area (Å²) in [7, 11) is 2.09. The summed E-state index contributed by atoms with van der Waals surface area (Å²) in [5.41, 5.74) is 1.53. The van der Waals surface area contributed by atoms with Crippen LogP contribution in [0, 0.1) is 0 Å². The molecule has 1 aromatic heterocycles. The summed E-state index contributed by atoms with van der Waals surface area (Å²) in [5, 5.41) is 5.69. The van der Waals surface area contributed by atoms with Gasteiger partial charge in [0.15, 0.2) is 0 Å². The zero-order valence-corrected chi connectivity index (χ0v) is 11.7. The predicted molar refractivity (Wildman–Crippen MR) is 74.3 cm³/mol. The first kappa shape index (κ1) is 13.7. The van der Waals surface area contributed by atoms with Gasteiger partial charge < -0.3 is 5.32 Å². The lowest BCUT2D eigenvalue weighted by Gasteiger charge is -2.16. The van der Waals surface area contributed by atoms with Gasteiger partial charge in [0.25, 0.3) is 0 Å². The second-order valence-electron chi connectivity index (χ2n) is 4.35. The molecule has 0 aliphatic carbocycles. The Bertz CT molecular complexity index is 280. The van der Waals surface area contributed by atoms with Crippen molar-refractivity contribution < 1.29 is 0 Å². The Labute approximate surface area is 104 Å². The molecule has 0 aromatic carbocycles. The normalized spacial score (nSPS) is 12.9. The second-order valence-corrected chi connectivity index (χ2v) is 5.30. The fourth-order valence-corrected chi connectivity index (χ4v) is 3.27. The zero-order chi connectivity index (χ0) is 11.8. The smallest absolute Gasteiger partial charge is 0.0415 e. The van der Waals surface area contributed by atoms with Gasteiger partial charge in [-0.15, -0.1) is 11.3 Å². The van der Waals surface area contributed by atoms with Gasteiger partial charge in [0.05, 0.1) is 0 Å². The van der Waals surface area contributed by atoms with Crippen molar-refractivity contribution in [3.05, 3.63) is 21.9 Å². The molecule has 0 amide bonds. The van der Waals surface area contributed by atoms with Crippen molar-refractivity contribution >= 4 is 11.3 Å². The predicted octanol–water partition coefficient (Wildman–Crippen LogP) is 4.54. The number of rotatable bonds is 8. The van der Waals surface area contributed by atoms with Crippen LogP contribution in [-0.4, -0.2) is 7.05 Å². The van der Waals surface area contributed by atoms with E-state index in [1.165, 1.54) is 37.7 Å². The summed E-state index contributed by atoms with van der Waals surface area (Å²) in [6, 6.07) is 2.85. The molecule has 1 aromatic rings. The Morgan fingerprint density at radius 2 is 2.06 bits per heavy atom. The van der Waals surface area contributed by atoms with Crippen LogP contribution in [0.25, 0.3) is 0 Å². The van der Waals surface area contributed by atoms with Gasteiger partial charge in [-0.2, -0.15) is 0 Å². The number of aryl methyl sites for hydroxylation is 1. The molecule has 1 N–H and O–H groups in total. The lowest BCUT2D eigenvalue weighted by Crippen LogP contribution is -2.16. The summed E-state index contributed by atoms with van der Waals surface area (Å²) >= 11 is 1.91. The van der Waals surface area contributed by atoms with E-state index in [2.05, 4.69) is 37.7 Å². The van der Waals surface area contributed by atoms with Crippen LogP contribution in [0.15, 0.2) is 11.4 Å². The molecule has 1 atom stereocenters. The molecule has 2 heteroatoms. The molecule has 0 aliphatic rings. The van der Waals surface area contributed by atoms with Crippen molar-refractivity contribution in [3.8, 4) is 0 Å². The molecule has 0 aliphatic heterocycles. The molecular weight excluding hydrogens is 214 g/mol. The van der Waals surface area contributed by atoms with Gasteiger partial charge >= 0.3 is 0 Å². The fourth-order valence-electron chi connectivity index (χ4n) is 2.13. The topological polar surface area (TPSA) is 12.0 Å². The molecule has 1 rings (SSSR count). The van der Waals surface area contributed by atoms with Gasteiger partial charge in [-0.1, -0.05) is 39.5 Å². The second kappa shape index (κ2) is 7.86. The minimum absolute atomic E-state index is 0.576. The van der Waals surface area contributed by atoms with Crippen LogP contribution >= 0.6 is 11.3 Å².